The van der Waals surface area contributed by atoms with E-state index in [-0.39, 0.29) is 18.0 Å². The van der Waals surface area contributed by atoms with Crippen LogP contribution in [0.5, 0.6) is 0 Å². The summed E-state index contributed by atoms with van der Waals surface area (Å²) < 4.78 is 0. The highest BCUT2D eigenvalue weighted by Crippen LogP contribution is 2.43. The second kappa shape index (κ2) is 4.92. The Hall–Kier alpha value is -2.74. The Morgan fingerprint density at radius 3 is 2.86 bits per heavy atom. The average Bonchev–Trinajstić information content (AvgIpc) is 2.89. The first-order valence-corrected chi connectivity index (χ1v) is 7.39. The summed E-state index contributed by atoms with van der Waals surface area (Å²) in [6.07, 6.45) is 6.19. The van der Waals surface area contributed by atoms with E-state index < -0.39 is 0 Å². The normalized spacial score (nSPS) is 22.0. The van der Waals surface area contributed by atoms with Gasteiger partial charge in [0.1, 0.15) is 6.33 Å². The fraction of sp³-hybridized carbons (Fsp3) is 0.294. The lowest BCUT2D eigenvalue weighted by Crippen LogP contribution is -2.42. The number of carbonyl (C=O) groups is 1. The second-order valence-electron chi connectivity index (χ2n) is 5.78. The van der Waals surface area contributed by atoms with Gasteiger partial charge < -0.3 is 4.90 Å². The zero-order chi connectivity index (χ0) is 15.1. The zero-order valence-electron chi connectivity index (χ0n) is 11.9. The van der Waals surface area contributed by atoms with Crippen molar-refractivity contribution in [1.29, 1.82) is 5.26 Å². The van der Waals surface area contributed by atoms with Gasteiger partial charge in [-0.05, 0) is 37.1 Å². The van der Waals surface area contributed by atoms with Crippen molar-refractivity contribution < 1.29 is 4.79 Å². The number of carbonyl (C=O) groups excluding carboxylic acids is 1. The molecule has 22 heavy (non-hydrogen) atoms. The summed E-state index contributed by atoms with van der Waals surface area (Å²) in [7, 11) is 0. The minimum Gasteiger partial charge on any atom is -0.328 e. The van der Waals surface area contributed by atoms with Crippen molar-refractivity contribution in [2.24, 2.45) is 0 Å². The molecular formula is C17H14N4O. The summed E-state index contributed by atoms with van der Waals surface area (Å²) in [4.78, 5) is 23.3. The molecule has 5 heteroatoms. The first kappa shape index (κ1) is 13.0. The van der Waals surface area contributed by atoms with E-state index in [4.69, 9.17) is 5.26 Å². The largest absolute Gasteiger partial charge is 0.328 e. The van der Waals surface area contributed by atoms with Crippen LogP contribution >= 0.6 is 0 Å². The number of aromatic nitrogens is 2. The fourth-order valence-electron chi connectivity index (χ4n) is 3.57. The average molecular weight is 290 g/mol. The van der Waals surface area contributed by atoms with Gasteiger partial charge in [0.2, 0.25) is 0 Å². The molecule has 2 aromatic rings. The summed E-state index contributed by atoms with van der Waals surface area (Å²) in [6, 6.07) is 9.22. The van der Waals surface area contributed by atoms with E-state index in [9.17, 15) is 4.79 Å². The maximum atomic E-state index is 12.9. The topological polar surface area (TPSA) is 69.9 Å². The lowest BCUT2D eigenvalue weighted by Gasteiger charge is -2.35. The van der Waals surface area contributed by atoms with Crippen LogP contribution in [0, 0.1) is 11.3 Å². The van der Waals surface area contributed by atoms with Gasteiger partial charge in [-0.3, -0.25) is 4.79 Å². The first-order chi connectivity index (χ1) is 10.8. The Labute approximate surface area is 128 Å². The zero-order valence-corrected chi connectivity index (χ0v) is 11.9. The number of rotatable bonds is 1. The van der Waals surface area contributed by atoms with E-state index in [1.165, 1.54) is 0 Å². The van der Waals surface area contributed by atoms with Crippen LogP contribution in [-0.4, -0.2) is 26.8 Å². The molecule has 2 aliphatic heterocycles. The number of fused-ring (bicyclic) bond motifs is 4. The first-order valence-electron chi connectivity index (χ1n) is 7.39. The molecule has 1 aromatic heterocycles. The third-order valence-corrected chi connectivity index (χ3v) is 4.61. The molecule has 2 aliphatic rings. The van der Waals surface area contributed by atoms with Gasteiger partial charge in [0, 0.05) is 29.8 Å². The van der Waals surface area contributed by atoms with Crippen LogP contribution in [0.1, 0.15) is 46.1 Å². The van der Waals surface area contributed by atoms with Crippen molar-refractivity contribution >= 4 is 5.91 Å². The Morgan fingerprint density at radius 1 is 1.27 bits per heavy atom. The van der Waals surface area contributed by atoms with Crippen molar-refractivity contribution in [2.75, 3.05) is 0 Å². The summed E-state index contributed by atoms with van der Waals surface area (Å²) in [5.41, 5.74) is 3.36. The summed E-state index contributed by atoms with van der Waals surface area (Å²) in [5, 5.41) is 8.86. The number of hydrogen-bond donors (Lipinski definition) is 0. The molecule has 0 spiro atoms. The van der Waals surface area contributed by atoms with Crippen LogP contribution in [0.3, 0.4) is 0 Å². The summed E-state index contributed by atoms with van der Waals surface area (Å²) in [6.45, 7) is 0. The molecule has 0 N–H and O–H groups in total. The van der Waals surface area contributed by atoms with Gasteiger partial charge in [0.25, 0.3) is 5.91 Å². The predicted molar refractivity (Wildman–Crippen MR) is 78.8 cm³/mol. The Bertz CT molecular complexity index is 778. The maximum Gasteiger partial charge on any atom is 0.254 e. The Balaban J connectivity index is 1.69. The fourth-order valence-corrected chi connectivity index (χ4v) is 3.57. The van der Waals surface area contributed by atoms with Crippen molar-refractivity contribution in [3.05, 3.63) is 59.2 Å². The van der Waals surface area contributed by atoms with Crippen molar-refractivity contribution in [2.45, 2.75) is 31.3 Å². The smallest absolute Gasteiger partial charge is 0.254 e. The van der Waals surface area contributed by atoms with Crippen LogP contribution in [0.4, 0.5) is 0 Å². The van der Waals surface area contributed by atoms with Crippen LogP contribution in [0.25, 0.3) is 0 Å². The summed E-state index contributed by atoms with van der Waals surface area (Å²) in [5.74, 6) is 0.0338. The molecule has 108 valence electrons. The van der Waals surface area contributed by atoms with Crippen molar-refractivity contribution in [3.63, 3.8) is 0 Å². The number of nitrogens with zero attached hydrogens (tertiary/aromatic N) is 4. The molecular weight excluding hydrogens is 276 g/mol. The molecule has 0 saturated carbocycles. The lowest BCUT2D eigenvalue weighted by molar-refractivity contribution is 0.0644. The minimum absolute atomic E-state index is 0.0338. The quantitative estimate of drug-likeness (QED) is 0.807. The number of nitriles is 1. The number of hydrogen-bond acceptors (Lipinski definition) is 4. The van der Waals surface area contributed by atoms with Gasteiger partial charge in [0.15, 0.2) is 0 Å². The minimum atomic E-state index is 0.0338. The Kier molecular flexibility index (Phi) is 2.90. The molecule has 2 unspecified atom stereocenters. The van der Waals surface area contributed by atoms with E-state index in [1.807, 2.05) is 11.1 Å². The Morgan fingerprint density at radius 2 is 2.09 bits per heavy atom. The molecule has 1 amide bonds. The van der Waals surface area contributed by atoms with E-state index in [0.717, 1.165) is 30.5 Å². The molecule has 0 radical (unpaired) electrons. The molecule has 5 nitrogen and oxygen atoms in total. The predicted octanol–water partition coefficient (Wildman–Crippen LogP) is 2.25. The highest BCUT2D eigenvalue weighted by molar-refractivity contribution is 5.95. The lowest BCUT2D eigenvalue weighted by atomic mass is 9.98. The van der Waals surface area contributed by atoms with Gasteiger partial charge in [0.05, 0.1) is 23.4 Å². The molecule has 3 heterocycles. The van der Waals surface area contributed by atoms with E-state index in [2.05, 4.69) is 16.0 Å². The molecule has 2 bridgehead atoms. The SMILES string of the molecule is N#Cc1ccc(C(=O)N2C3CCC2c2cncnc2C3)cc1. The number of amides is 1. The van der Waals surface area contributed by atoms with Gasteiger partial charge in [-0.2, -0.15) is 5.26 Å². The molecule has 1 saturated heterocycles. The van der Waals surface area contributed by atoms with Gasteiger partial charge in [-0.15, -0.1) is 0 Å². The van der Waals surface area contributed by atoms with Gasteiger partial charge in [-0.25, -0.2) is 9.97 Å². The van der Waals surface area contributed by atoms with Crippen LogP contribution in [0.15, 0.2) is 36.8 Å². The van der Waals surface area contributed by atoms with Crippen molar-refractivity contribution in [3.8, 4) is 6.07 Å². The van der Waals surface area contributed by atoms with Crippen molar-refractivity contribution in [1.82, 2.24) is 14.9 Å². The second-order valence-corrected chi connectivity index (χ2v) is 5.78. The highest BCUT2D eigenvalue weighted by atomic mass is 16.2. The molecule has 1 fully saturated rings. The van der Waals surface area contributed by atoms with E-state index in [0.29, 0.717) is 11.1 Å². The van der Waals surface area contributed by atoms with Crippen LogP contribution in [-0.2, 0) is 6.42 Å². The standard InChI is InChI=1S/C17H14N4O/c18-8-11-1-3-12(4-2-11)17(22)21-13-5-6-16(21)14-9-19-10-20-15(14)7-13/h1-4,9-10,13,16H,5-7H2. The van der Waals surface area contributed by atoms with Crippen LogP contribution < -0.4 is 0 Å². The molecule has 2 atom stereocenters. The van der Waals surface area contributed by atoms with E-state index >= 15 is 0 Å². The summed E-state index contributed by atoms with van der Waals surface area (Å²) >= 11 is 0. The number of benzene rings is 1. The maximum absolute atomic E-state index is 12.9. The molecule has 0 aliphatic carbocycles. The van der Waals surface area contributed by atoms with Gasteiger partial charge in [-0.1, -0.05) is 0 Å². The van der Waals surface area contributed by atoms with Crippen LogP contribution in [0.2, 0.25) is 0 Å². The molecule has 4 rings (SSSR count). The van der Waals surface area contributed by atoms with Gasteiger partial charge >= 0.3 is 0 Å². The highest BCUT2D eigenvalue weighted by Gasteiger charge is 2.43. The third kappa shape index (κ3) is 1.88. The molecule has 1 aromatic carbocycles. The van der Waals surface area contributed by atoms with E-state index in [1.54, 1.807) is 30.6 Å². The third-order valence-electron chi connectivity index (χ3n) is 4.61. The monoisotopic (exact) mass is 290 g/mol.